The van der Waals surface area contributed by atoms with Crippen LogP contribution in [0.4, 0.5) is 10.5 Å². The van der Waals surface area contributed by atoms with Crippen LogP contribution in [0.2, 0.25) is 10.0 Å². The zero-order valence-corrected chi connectivity index (χ0v) is 16.0. The first-order chi connectivity index (χ1) is 13.8. The van der Waals surface area contributed by atoms with Crippen molar-refractivity contribution in [2.24, 2.45) is 0 Å². The molecule has 1 aliphatic rings. The number of barbiturate groups is 1. The fraction of sp³-hybridized carbons (Fsp3) is 0.0526. The first-order valence-electron chi connectivity index (χ1n) is 8.08. The molecule has 0 aliphatic carbocycles. The van der Waals surface area contributed by atoms with Gasteiger partial charge in [-0.25, -0.2) is 14.5 Å². The van der Waals surface area contributed by atoms with Crippen LogP contribution in [0, 0.1) is 0 Å². The number of urea groups is 1. The fourth-order valence-corrected chi connectivity index (χ4v) is 3.18. The minimum Gasteiger partial charge on any atom is -0.479 e. The molecule has 1 fully saturated rings. The number of ether oxygens (including phenoxy) is 1. The van der Waals surface area contributed by atoms with E-state index in [2.05, 4.69) is 5.32 Å². The summed E-state index contributed by atoms with van der Waals surface area (Å²) in [6.07, 6.45) is 1.22. The highest BCUT2D eigenvalue weighted by atomic mass is 35.5. The van der Waals surface area contributed by atoms with Crippen molar-refractivity contribution in [3.63, 3.8) is 0 Å². The molecule has 0 bridgehead atoms. The van der Waals surface area contributed by atoms with Crippen LogP contribution in [0.25, 0.3) is 6.08 Å². The fourth-order valence-electron chi connectivity index (χ4n) is 2.57. The zero-order valence-electron chi connectivity index (χ0n) is 14.5. The third-order valence-corrected chi connectivity index (χ3v) is 4.35. The molecule has 148 valence electrons. The third kappa shape index (κ3) is 4.39. The van der Waals surface area contributed by atoms with E-state index in [0.717, 1.165) is 4.90 Å². The number of carbonyl (C=O) groups excluding carboxylic acids is 3. The highest BCUT2D eigenvalue weighted by molar-refractivity contribution is 6.40. The molecule has 1 aliphatic heterocycles. The summed E-state index contributed by atoms with van der Waals surface area (Å²) in [5.41, 5.74) is 0.269. The van der Waals surface area contributed by atoms with E-state index in [9.17, 15) is 19.2 Å². The number of nitrogens with one attached hydrogen (secondary N) is 1. The van der Waals surface area contributed by atoms with Crippen molar-refractivity contribution in [1.82, 2.24) is 5.32 Å². The van der Waals surface area contributed by atoms with Gasteiger partial charge in [-0.15, -0.1) is 0 Å². The lowest BCUT2D eigenvalue weighted by atomic mass is 10.1. The Morgan fingerprint density at radius 1 is 1.10 bits per heavy atom. The molecule has 1 heterocycles. The number of carboxylic acids is 1. The Kier molecular flexibility index (Phi) is 5.86. The summed E-state index contributed by atoms with van der Waals surface area (Å²) in [5.74, 6) is -2.94. The molecular weight excluding hydrogens is 423 g/mol. The second-order valence-corrected chi connectivity index (χ2v) is 6.60. The van der Waals surface area contributed by atoms with Crippen LogP contribution in [0.1, 0.15) is 5.56 Å². The summed E-state index contributed by atoms with van der Waals surface area (Å²) in [5, 5.41) is 10.8. The number of imide groups is 2. The predicted octanol–water partition coefficient (Wildman–Crippen LogP) is 3.12. The van der Waals surface area contributed by atoms with Gasteiger partial charge in [0.15, 0.2) is 12.4 Å². The molecular formula is C19H12Cl2N2O6. The lowest BCUT2D eigenvalue weighted by molar-refractivity contribution is -0.139. The van der Waals surface area contributed by atoms with E-state index in [0.29, 0.717) is 5.69 Å². The number of halogens is 2. The Hall–Kier alpha value is -3.36. The highest BCUT2D eigenvalue weighted by Crippen LogP contribution is 2.35. The largest absolute Gasteiger partial charge is 0.479 e. The summed E-state index contributed by atoms with van der Waals surface area (Å²) in [7, 11) is 0. The van der Waals surface area contributed by atoms with Crippen molar-refractivity contribution in [1.29, 1.82) is 0 Å². The molecule has 0 aromatic heterocycles. The number of carboxylic acid groups (broad SMARTS) is 1. The van der Waals surface area contributed by atoms with Gasteiger partial charge in [-0.1, -0.05) is 41.4 Å². The van der Waals surface area contributed by atoms with E-state index >= 15 is 0 Å². The maximum atomic E-state index is 12.8. The first-order valence-corrected chi connectivity index (χ1v) is 8.83. The molecule has 0 unspecified atom stereocenters. The average Bonchev–Trinajstić information content (AvgIpc) is 2.65. The van der Waals surface area contributed by atoms with Crippen LogP contribution in [0.5, 0.6) is 5.75 Å². The van der Waals surface area contributed by atoms with Gasteiger partial charge >= 0.3 is 12.0 Å². The molecule has 1 saturated heterocycles. The molecule has 10 heteroatoms. The Morgan fingerprint density at radius 2 is 1.72 bits per heavy atom. The predicted molar refractivity (Wildman–Crippen MR) is 105 cm³/mol. The molecule has 29 heavy (non-hydrogen) atoms. The van der Waals surface area contributed by atoms with Gasteiger partial charge in [-0.05, 0) is 35.9 Å². The van der Waals surface area contributed by atoms with Crippen molar-refractivity contribution in [3.05, 3.63) is 63.6 Å². The summed E-state index contributed by atoms with van der Waals surface area (Å²) < 4.78 is 5.02. The lowest BCUT2D eigenvalue weighted by Crippen LogP contribution is -2.54. The third-order valence-electron chi connectivity index (χ3n) is 3.79. The topological polar surface area (TPSA) is 113 Å². The van der Waals surface area contributed by atoms with Crippen LogP contribution >= 0.6 is 23.2 Å². The summed E-state index contributed by atoms with van der Waals surface area (Å²) in [6, 6.07) is 9.94. The standard InChI is InChI=1S/C19H12Cl2N2O6/c20-13-7-10(8-14(21)16(13)29-9-15(24)25)6-12-17(26)22-19(28)23(18(12)27)11-4-2-1-3-5-11/h1-8H,9H2,(H,24,25)(H,22,26,28)/b12-6-. The molecule has 0 atom stereocenters. The molecule has 8 nitrogen and oxygen atoms in total. The van der Waals surface area contributed by atoms with Crippen LogP contribution in [0.3, 0.4) is 0 Å². The Balaban J connectivity index is 1.96. The van der Waals surface area contributed by atoms with Gasteiger partial charge in [0.25, 0.3) is 11.8 Å². The SMILES string of the molecule is O=C(O)COc1c(Cl)cc(/C=C2/C(=O)NC(=O)N(c3ccccc3)C2=O)cc1Cl. The highest BCUT2D eigenvalue weighted by Gasteiger charge is 2.36. The summed E-state index contributed by atoms with van der Waals surface area (Å²) in [6.45, 7) is -0.644. The molecule has 2 aromatic carbocycles. The van der Waals surface area contributed by atoms with E-state index in [1.54, 1.807) is 30.3 Å². The van der Waals surface area contributed by atoms with Crippen molar-refractivity contribution in [2.45, 2.75) is 0 Å². The zero-order chi connectivity index (χ0) is 21.1. The number of amides is 4. The average molecular weight is 435 g/mol. The van der Waals surface area contributed by atoms with Crippen LogP contribution in [-0.4, -0.2) is 35.5 Å². The minimum atomic E-state index is -1.21. The summed E-state index contributed by atoms with van der Waals surface area (Å²) >= 11 is 12.1. The van der Waals surface area contributed by atoms with E-state index in [1.165, 1.54) is 18.2 Å². The first kappa shape index (κ1) is 20.4. The summed E-state index contributed by atoms with van der Waals surface area (Å²) in [4.78, 5) is 48.6. The maximum absolute atomic E-state index is 12.8. The second-order valence-electron chi connectivity index (χ2n) is 5.79. The second kappa shape index (κ2) is 8.34. The van der Waals surface area contributed by atoms with Gasteiger partial charge in [-0.3, -0.25) is 14.9 Å². The van der Waals surface area contributed by atoms with Crippen molar-refractivity contribution < 1.29 is 29.0 Å². The quantitative estimate of drug-likeness (QED) is 0.551. The van der Waals surface area contributed by atoms with Crippen LogP contribution in [0.15, 0.2) is 48.0 Å². The smallest absolute Gasteiger partial charge is 0.341 e. The normalized spacial score (nSPS) is 15.4. The molecule has 0 saturated carbocycles. The number of hydrogen-bond acceptors (Lipinski definition) is 5. The van der Waals surface area contributed by atoms with Gasteiger partial charge in [0.1, 0.15) is 5.57 Å². The Morgan fingerprint density at radius 3 is 2.31 bits per heavy atom. The maximum Gasteiger partial charge on any atom is 0.341 e. The van der Waals surface area contributed by atoms with Crippen LogP contribution < -0.4 is 15.0 Å². The minimum absolute atomic E-state index is 0.00902. The molecule has 2 N–H and O–H groups in total. The van der Waals surface area contributed by atoms with E-state index in [1.807, 2.05) is 0 Å². The van der Waals surface area contributed by atoms with E-state index in [-0.39, 0.29) is 26.9 Å². The molecule has 2 aromatic rings. The molecule has 0 radical (unpaired) electrons. The van der Waals surface area contributed by atoms with Gasteiger partial charge in [0, 0.05) is 0 Å². The van der Waals surface area contributed by atoms with Crippen molar-refractivity contribution in [2.75, 3.05) is 11.5 Å². The Labute approximate surface area is 174 Å². The number of aliphatic carboxylic acids is 1. The van der Waals surface area contributed by atoms with Gasteiger partial charge in [0.2, 0.25) is 0 Å². The van der Waals surface area contributed by atoms with Gasteiger partial charge in [0.05, 0.1) is 15.7 Å². The van der Waals surface area contributed by atoms with Crippen molar-refractivity contribution >= 4 is 58.8 Å². The number of nitrogens with zero attached hydrogens (tertiary/aromatic N) is 1. The number of carbonyl (C=O) groups is 4. The van der Waals surface area contributed by atoms with Gasteiger partial charge in [-0.2, -0.15) is 0 Å². The molecule has 3 rings (SSSR count). The monoisotopic (exact) mass is 434 g/mol. The number of rotatable bonds is 5. The van der Waals surface area contributed by atoms with E-state index < -0.39 is 30.4 Å². The number of para-hydroxylation sites is 1. The Bertz CT molecular complexity index is 1030. The number of anilines is 1. The number of hydrogen-bond donors (Lipinski definition) is 2. The molecule has 4 amide bonds. The van der Waals surface area contributed by atoms with Gasteiger partial charge < -0.3 is 9.84 Å². The molecule has 0 spiro atoms. The van der Waals surface area contributed by atoms with Crippen LogP contribution in [-0.2, 0) is 14.4 Å². The lowest BCUT2D eigenvalue weighted by Gasteiger charge is -2.26. The number of benzene rings is 2. The van der Waals surface area contributed by atoms with Crippen molar-refractivity contribution in [3.8, 4) is 5.75 Å². The van der Waals surface area contributed by atoms with E-state index in [4.69, 9.17) is 33.0 Å².